The number of rotatable bonds is 2. The molecule has 0 aliphatic heterocycles. The molecule has 0 fully saturated rings. The summed E-state index contributed by atoms with van der Waals surface area (Å²) in [6.07, 6.45) is -4.50. The third-order valence-electron chi connectivity index (χ3n) is 2.28. The number of hydrogen-bond acceptors (Lipinski definition) is 4. The minimum atomic E-state index is -4.50. The molecule has 1 aromatic heterocycles. The number of benzene rings is 1. The molecule has 9 heteroatoms. The number of nitrogens with one attached hydrogen (secondary N) is 1. The molecule has 0 spiro atoms. The zero-order valence-electron chi connectivity index (χ0n) is 9.95. The summed E-state index contributed by atoms with van der Waals surface area (Å²) < 4.78 is 38.1. The lowest BCUT2D eigenvalue weighted by Crippen LogP contribution is -2.14. The minimum absolute atomic E-state index is 0.118. The molecule has 1 amide bonds. The number of anilines is 1. The zero-order valence-corrected chi connectivity index (χ0v) is 12.4. The van der Waals surface area contributed by atoms with Crippen LogP contribution >= 0.6 is 27.3 Å². The van der Waals surface area contributed by atoms with Gasteiger partial charge in [0.25, 0.3) is 5.91 Å². The number of aryl methyl sites for hydroxylation is 1. The number of amides is 1. The van der Waals surface area contributed by atoms with E-state index in [4.69, 9.17) is 0 Å². The molecule has 1 N–H and O–H groups in total. The highest BCUT2D eigenvalue weighted by atomic mass is 79.9. The number of hydrogen-bond donors (Lipinski definition) is 1. The van der Waals surface area contributed by atoms with Gasteiger partial charge in [-0.15, -0.1) is 10.2 Å². The molecule has 20 heavy (non-hydrogen) atoms. The van der Waals surface area contributed by atoms with Gasteiger partial charge in [0, 0.05) is 4.47 Å². The molecular formula is C11H7BrF3N3OS. The first-order valence-electron chi connectivity index (χ1n) is 5.25. The van der Waals surface area contributed by atoms with Crippen LogP contribution in [0.4, 0.5) is 18.3 Å². The average molecular weight is 366 g/mol. The summed E-state index contributed by atoms with van der Waals surface area (Å²) in [6, 6.07) is 2.87. The van der Waals surface area contributed by atoms with Crippen LogP contribution in [0, 0.1) is 6.92 Å². The van der Waals surface area contributed by atoms with Crippen molar-refractivity contribution in [3.05, 3.63) is 38.8 Å². The van der Waals surface area contributed by atoms with E-state index < -0.39 is 17.6 Å². The van der Waals surface area contributed by atoms with E-state index in [1.165, 1.54) is 6.07 Å². The first-order valence-corrected chi connectivity index (χ1v) is 6.86. The van der Waals surface area contributed by atoms with Gasteiger partial charge < -0.3 is 0 Å². The van der Waals surface area contributed by atoms with Gasteiger partial charge in [-0.1, -0.05) is 11.3 Å². The predicted octanol–water partition coefficient (Wildman–Crippen LogP) is 3.88. The molecule has 0 bridgehead atoms. The fraction of sp³-hybridized carbons (Fsp3) is 0.182. The van der Waals surface area contributed by atoms with Gasteiger partial charge in [0.15, 0.2) is 0 Å². The molecule has 0 aliphatic carbocycles. The highest BCUT2D eigenvalue weighted by Gasteiger charge is 2.31. The van der Waals surface area contributed by atoms with Crippen molar-refractivity contribution in [2.75, 3.05) is 5.32 Å². The topological polar surface area (TPSA) is 54.9 Å². The number of nitrogens with zero attached hydrogens (tertiary/aromatic N) is 2. The average Bonchev–Trinajstić information content (AvgIpc) is 2.73. The molecule has 1 aromatic carbocycles. The van der Waals surface area contributed by atoms with Gasteiger partial charge in [0.2, 0.25) is 5.13 Å². The number of alkyl halides is 3. The second-order valence-electron chi connectivity index (χ2n) is 3.77. The van der Waals surface area contributed by atoms with Crippen molar-refractivity contribution >= 4 is 38.3 Å². The smallest absolute Gasteiger partial charge is 0.296 e. The largest absolute Gasteiger partial charge is 0.416 e. The molecule has 0 unspecified atom stereocenters. The van der Waals surface area contributed by atoms with Gasteiger partial charge in [-0.3, -0.25) is 10.1 Å². The van der Waals surface area contributed by atoms with Gasteiger partial charge in [-0.05, 0) is 41.1 Å². The van der Waals surface area contributed by atoms with Crippen molar-refractivity contribution < 1.29 is 18.0 Å². The van der Waals surface area contributed by atoms with Gasteiger partial charge in [0.1, 0.15) is 5.01 Å². The van der Waals surface area contributed by atoms with Crippen molar-refractivity contribution in [2.24, 2.45) is 0 Å². The summed E-state index contributed by atoms with van der Waals surface area (Å²) in [5, 5.41) is 10.7. The summed E-state index contributed by atoms with van der Waals surface area (Å²) in [5.74, 6) is -0.681. The van der Waals surface area contributed by atoms with Crippen molar-refractivity contribution in [1.82, 2.24) is 10.2 Å². The maximum absolute atomic E-state index is 12.6. The molecule has 0 saturated carbocycles. The van der Waals surface area contributed by atoms with Crippen LogP contribution in [-0.4, -0.2) is 16.1 Å². The molecule has 2 rings (SSSR count). The Hall–Kier alpha value is -1.48. The number of halogens is 4. The third kappa shape index (κ3) is 3.34. The van der Waals surface area contributed by atoms with Gasteiger partial charge in [0.05, 0.1) is 11.1 Å². The summed E-state index contributed by atoms with van der Waals surface area (Å²) in [4.78, 5) is 12.0. The summed E-state index contributed by atoms with van der Waals surface area (Å²) >= 11 is 4.19. The Balaban J connectivity index is 2.29. The number of carbonyl (C=O) groups is 1. The summed E-state index contributed by atoms with van der Waals surface area (Å²) in [6.45, 7) is 1.70. The van der Waals surface area contributed by atoms with Crippen molar-refractivity contribution in [2.45, 2.75) is 13.1 Å². The summed E-state index contributed by atoms with van der Waals surface area (Å²) in [7, 11) is 0. The molecule has 106 valence electrons. The van der Waals surface area contributed by atoms with Crippen molar-refractivity contribution in [3.63, 3.8) is 0 Å². The third-order valence-corrected chi connectivity index (χ3v) is 3.73. The van der Waals surface area contributed by atoms with Crippen molar-refractivity contribution in [1.29, 1.82) is 0 Å². The first-order chi connectivity index (χ1) is 9.27. The lowest BCUT2D eigenvalue weighted by molar-refractivity contribution is -0.137. The maximum Gasteiger partial charge on any atom is 0.416 e. The van der Waals surface area contributed by atoms with E-state index in [1.54, 1.807) is 6.92 Å². The van der Waals surface area contributed by atoms with E-state index >= 15 is 0 Å². The number of aromatic nitrogens is 2. The predicted molar refractivity (Wildman–Crippen MR) is 71.7 cm³/mol. The normalized spacial score (nSPS) is 11.4. The van der Waals surface area contributed by atoms with Gasteiger partial charge in [-0.25, -0.2) is 0 Å². The van der Waals surface area contributed by atoms with Crippen LogP contribution in [0.25, 0.3) is 0 Å². The molecule has 0 radical (unpaired) electrons. The Morgan fingerprint density at radius 2 is 2.05 bits per heavy atom. The fourth-order valence-corrected chi connectivity index (χ4v) is 2.40. The highest BCUT2D eigenvalue weighted by molar-refractivity contribution is 9.10. The molecular weight excluding hydrogens is 359 g/mol. The van der Waals surface area contributed by atoms with E-state index in [0.717, 1.165) is 23.5 Å². The second-order valence-corrected chi connectivity index (χ2v) is 5.81. The molecule has 0 atom stereocenters. The lowest BCUT2D eigenvalue weighted by atomic mass is 10.1. The van der Waals surface area contributed by atoms with Gasteiger partial charge >= 0.3 is 6.18 Å². The number of carbonyl (C=O) groups excluding carboxylic acids is 1. The molecule has 4 nitrogen and oxygen atoms in total. The Morgan fingerprint density at radius 1 is 1.35 bits per heavy atom. The standard InChI is InChI=1S/C11H7BrF3N3OS/c1-5-17-18-10(20-5)16-9(19)7-4-6(11(13,14)15)2-3-8(7)12/h2-4H,1H3,(H,16,18,19). The zero-order chi connectivity index (χ0) is 14.9. The maximum atomic E-state index is 12.6. The Labute approximate surface area is 124 Å². The lowest BCUT2D eigenvalue weighted by Gasteiger charge is -2.10. The van der Waals surface area contributed by atoms with E-state index in [1.807, 2.05) is 0 Å². The molecule has 0 saturated heterocycles. The van der Waals surface area contributed by atoms with Crippen molar-refractivity contribution in [3.8, 4) is 0 Å². The van der Waals surface area contributed by atoms with Crippen LogP contribution in [0.3, 0.4) is 0 Å². The monoisotopic (exact) mass is 365 g/mol. The Bertz CT molecular complexity index is 657. The van der Waals surface area contributed by atoms with E-state index in [2.05, 4.69) is 31.4 Å². The molecule has 0 aliphatic rings. The first kappa shape index (κ1) is 14.9. The Kier molecular flexibility index (Phi) is 4.09. The fourth-order valence-electron chi connectivity index (χ4n) is 1.39. The van der Waals surface area contributed by atoms with Crippen LogP contribution in [0.2, 0.25) is 0 Å². The van der Waals surface area contributed by atoms with E-state index in [9.17, 15) is 18.0 Å². The Morgan fingerprint density at radius 3 is 2.60 bits per heavy atom. The van der Waals surface area contributed by atoms with Crippen LogP contribution in [0.1, 0.15) is 20.9 Å². The van der Waals surface area contributed by atoms with E-state index in [0.29, 0.717) is 5.01 Å². The van der Waals surface area contributed by atoms with E-state index in [-0.39, 0.29) is 15.2 Å². The minimum Gasteiger partial charge on any atom is -0.296 e. The van der Waals surface area contributed by atoms with Crippen LogP contribution < -0.4 is 5.32 Å². The SMILES string of the molecule is Cc1nnc(NC(=O)c2cc(C(F)(F)F)ccc2Br)s1. The van der Waals surface area contributed by atoms with Gasteiger partial charge in [-0.2, -0.15) is 13.2 Å². The summed E-state index contributed by atoms with van der Waals surface area (Å²) in [5.41, 5.74) is -1.01. The molecule has 1 heterocycles. The van der Waals surface area contributed by atoms with Crippen LogP contribution in [0.5, 0.6) is 0 Å². The van der Waals surface area contributed by atoms with Crippen LogP contribution in [-0.2, 0) is 6.18 Å². The highest BCUT2D eigenvalue weighted by Crippen LogP contribution is 2.32. The van der Waals surface area contributed by atoms with Crippen LogP contribution in [0.15, 0.2) is 22.7 Å². The molecule has 2 aromatic rings. The quantitative estimate of drug-likeness (QED) is 0.878. The second kappa shape index (κ2) is 5.49.